The minimum absolute atomic E-state index is 0.0600. The van der Waals surface area contributed by atoms with Gasteiger partial charge in [-0.2, -0.15) is 0 Å². The first-order valence-corrected chi connectivity index (χ1v) is 11.0. The van der Waals surface area contributed by atoms with Crippen LogP contribution in [0.4, 0.5) is 10.5 Å². The summed E-state index contributed by atoms with van der Waals surface area (Å²) in [6, 6.07) is 6.54. The number of sulfone groups is 1. The first kappa shape index (κ1) is 19.6. The normalized spacial score (nSPS) is 22.4. The van der Waals surface area contributed by atoms with Gasteiger partial charge in [-0.15, -0.1) is 0 Å². The summed E-state index contributed by atoms with van der Waals surface area (Å²) in [5.41, 5.74) is 0.743. The summed E-state index contributed by atoms with van der Waals surface area (Å²) in [5.74, 6) is -0.00423. The Balaban J connectivity index is 1.57. The third-order valence-corrected chi connectivity index (χ3v) is 6.74. The molecule has 0 bridgehead atoms. The number of nitrogens with one attached hydrogen (secondary N) is 1. The fourth-order valence-corrected chi connectivity index (χ4v) is 5.29. The molecule has 1 N–H and O–H groups in total. The molecule has 1 unspecified atom stereocenters. The number of esters is 1. The predicted octanol–water partition coefficient (Wildman–Crippen LogP) is 1.20. The van der Waals surface area contributed by atoms with Crippen molar-refractivity contribution in [1.29, 1.82) is 0 Å². The molecule has 2 saturated heterocycles. The number of anilines is 1. The van der Waals surface area contributed by atoms with E-state index < -0.39 is 15.8 Å². The number of benzene rings is 1. The fraction of sp³-hybridized carbons (Fsp3) is 0.556. The third-order valence-electron chi connectivity index (χ3n) is 4.99. The molecule has 0 aromatic heterocycles. The molecule has 1 aromatic rings. The molecular formula is C18H25N3O5S. The predicted molar refractivity (Wildman–Crippen MR) is 102 cm³/mol. The summed E-state index contributed by atoms with van der Waals surface area (Å²) in [6.45, 7) is 4.32. The topological polar surface area (TPSA) is 96.0 Å². The van der Waals surface area contributed by atoms with E-state index in [2.05, 4.69) is 10.2 Å². The van der Waals surface area contributed by atoms with Gasteiger partial charge in [0, 0.05) is 32.2 Å². The van der Waals surface area contributed by atoms with Crippen LogP contribution in [-0.2, 0) is 14.6 Å². The van der Waals surface area contributed by atoms with Gasteiger partial charge in [-0.25, -0.2) is 18.0 Å². The van der Waals surface area contributed by atoms with E-state index in [4.69, 9.17) is 4.74 Å². The van der Waals surface area contributed by atoms with Crippen LogP contribution in [0.5, 0.6) is 0 Å². The van der Waals surface area contributed by atoms with Crippen molar-refractivity contribution in [2.24, 2.45) is 0 Å². The van der Waals surface area contributed by atoms with Crippen molar-refractivity contribution in [3.63, 3.8) is 0 Å². The van der Waals surface area contributed by atoms with Gasteiger partial charge in [0.05, 0.1) is 29.4 Å². The van der Waals surface area contributed by atoms with E-state index in [1.165, 1.54) is 0 Å². The van der Waals surface area contributed by atoms with Gasteiger partial charge in [-0.1, -0.05) is 12.1 Å². The van der Waals surface area contributed by atoms with Crippen molar-refractivity contribution < 1.29 is 22.7 Å². The highest BCUT2D eigenvalue weighted by Gasteiger charge is 2.34. The summed E-state index contributed by atoms with van der Waals surface area (Å²) in [7, 11) is -2.91. The molecule has 1 aromatic carbocycles. The Morgan fingerprint density at radius 2 is 1.89 bits per heavy atom. The van der Waals surface area contributed by atoms with Crippen molar-refractivity contribution in [3.05, 3.63) is 29.8 Å². The molecule has 3 rings (SSSR count). The SMILES string of the molecule is CCOC(=O)c1ccccc1NC(=O)N1CCN(C2CCS(=O)(=O)C2)CC1. The highest BCUT2D eigenvalue weighted by Crippen LogP contribution is 2.20. The lowest BCUT2D eigenvalue weighted by Gasteiger charge is -2.37. The van der Waals surface area contributed by atoms with E-state index in [0.29, 0.717) is 43.9 Å². The lowest BCUT2D eigenvalue weighted by molar-refractivity contribution is 0.0527. The summed E-state index contributed by atoms with van der Waals surface area (Å²) in [6.07, 6.45) is 0.668. The first-order chi connectivity index (χ1) is 12.9. The number of para-hydroxylation sites is 1. The fourth-order valence-electron chi connectivity index (χ4n) is 3.53. The van der Waals surface area contributed by atoms with Crippen LogP contribution in [0.3, 0.4) is 0 Å². The molecule has 0 aliphatic carbocycles. The molecule has 0 saturated carbocycles. The van der Waals surface area contributed by atoms with Crippen LogP contribution in [0.1, 0.15) is 23.7 Å². The maximum Gasteiger partial charge on any atom is 0.340 e. The van der Waals surface area contributed by atoms with Crippen LogP contribution in [0.15, 0.2) is 24.3 Å². The molecule has 27 heavy (non-hydrogen) atoms. The molecule has 148 valence electrons. The summed E-state index contributed by atoms with van der Waals surface area (Å²) in [5, 5.41) is 2.79. The Morgan fingerprint density at radius 3 is 2.52 bits per heavy atom. The molecule has 1 atom stereocenters. The van der Waals surface area contributed by atoms with Gasteiger partial charge in [-0.05, 0) is 25.5 Å². The Bertz CT molecular complexity index is 803. The number of hydrogen-bond donors (Lipinski definition) is 1. The second kappa shape index (κ2) is 8.26. The van der Waals surface area contributed by atoms with Crippen LogP contribution < -0.4 is 5.32 Å². The Kier molecular flexibility index (Phi) is 6.01. The number of piperazine rings is 1. The van der Waals surface area contributed by atoms with Gasteiger partial charge >= 0.3 is 12.0 Å². The summed E-state index contributed by atoms with van der Waals surface area (Å²) >= 11 is 0. The van der Waals surface area contributed by atoms with Gasteiger partial charge in [0.1, 0.15) is 0 Å². The monoisotopic (exact) mass is 395 g/mol. The highest BCUT2D eigenvalue weighted by molar-refractivity contribution is 7.91. The van der Waals surface area contributed by atoms with Gasteiger partial charge in [-0.3, -0.25) is 4.90 Å². The summed E-state index contributed by atoms with van der Waals surface area (Å²) in [4.78, 5) is 28.4. The van der Waals surface area contributed by atoms with Crippen LogP contribution in [0.2, 0.25) is 0 Å². The highest BCUT2D eigenvalue weighted by atomic mass is 32.2. The second-order valence-electron chi connectivity index (χ2n) is 6.78. The number of carbonyl (C=O) groups is 2. The maximum atomic E-state index is 12.6. The number of rotatable bonds is 4. The van der Waals surface area contributed by atoms with Crippen molar-refractivity contribution in [2.45, 2.75) is 19.4 Å². The van der Waals surface area contributed by atoms with Crippen molar-refractivity contribution in [1.82, 2.24) is 9.80 Å². The molecule has 2 heterocycles. The molecule has 2 fully saturated rings. The maximum absolute atomic E-state index is 12.6. The third kappa shape index (κ3) is 4.78. The molecule has 2 amide bonds. The van der Waals surface area contributed by atoms with Gasteiger partial charge in [0.2, 0.25) is 0 Å². The van der Waals surface area contributed by atoms with E-state index in [-0.39, 0.29) is 30.2 Å². The molecule has 0 spiro atoms. The minimum Gasteiger partial charge on any atom is -0.462 e. The molecule has 8 nitrogen and oxygen atoms in total. The molecular weight excluding hydrogens is 370 g/mol. The van der Waals surface area contributed by atoms with Crippen LogP contribution in [0, 0.1) is 0 Å². The number of nitrogens with zero attached hydrogens (tertiary/aromatic N) is 2. The average Bonchev–Trinajstić information content (AvgIpc) is 3.02. The molecule has 2 aliphatic heterocycles. The van der Waals surface area contributed by atoms with E-state index in [1.54, 1.807) is 36.1 Å². The second-order valence-corrected chi connectivity index (χ2v) is 9.00. The van der Waals surface area contributed by atoms with E-state index >= 15 is 0 Å². The zero-order valence-corrected chi connectivity index (χ0v) is 16.2. The number of carbonyl (C=O) groups excluding carboxylic acids is 2. The number of urea groups is 1. The minimum atomic E-state index is -2.91. The molecule has 0 radical (unpaired) electrons. The van der Waals surface area contributed by atoms with Crippen molar-refractivity contribution in [2.75, 3.05) is 49.6 Å². The van der Waals surface area contributed by atoms with Crippen LogP contribution in [-0.4, -0.2) is 80.6 Å². The zero-order chi connectivity index (χ0) is 19.4. The van der Waals surface area contributed by atoms with Crippen LogP contribution in [0.25, 0.3) is 0 Å². The van der Waals surface area contributed by atoms with E-state index in [0.717, 1.165) is 0 Å². The van der Waals surface area contributed by atoms with E-state index in [1.807, 2.05) is 0 Å². The average molecular weight is 395 g/mol. The number of hydrogen-bond acceptors (Lipinski definition) is 6. The van der Waals surface area contributed by atoms with Crippen molar-refractivity contribution >= 4 is 27.5 Å². The van der Waals surface area contributed by atoms with Crippen LogP contribution >= 0.6 is 0 Å². The van der Waals surface area contributed by atoms with E-state index in [9.17, 15) is 18.0 Å². The van der Waals surface area contributed by atoms with Gasteiger partial charge in [0.25, 0.3) is 0 Å². The standard InChI is InChI=1S/C18H25N3O5S/c1-2-26-17(22)15-5-3-4-6-16(15)19-18(23)21-10-8-20(9-11-21)14-7-12-27(24,25)13-14/h3-6,14H,2,7-13H2,1H3,(H,19,23). The Labute approximate surface area is 159 Å². The van der Waals surface area contributed by atoms with Crippen molar-refractivity contribution in [3.8, 4) is 0 Å². The lowest BCUT2D eigenvalue weighted by Crippen LogP contribution is -2.53. The van der Waals surface area contributed by atoms with Gasteiger partial charge in [0.15, 0.2) is 9.84 Å². The summed E-state index contributed by atoms with van der Waals surface area (Å²) < 4.78 is 28.3. The first-order valence-electron chi connectivity index (χ1n) is 9.16. The molecule has 2 aliphatic rings. The number of amides is 2. The number of ether oxygens (including phenoxy) is 1. The van der Waals surface area contributed by atoms with Gasteiger partial charge < -0.3 is 15.0 Å². The molecule has 9 heteroatoms. The smallest absolute Gasteiger partial charge is 0.340 e. The Hall–Kier alpha value is -2.13. The zero-order valence-electron chi connectivity index (χ0n) is 15.4. The quantitative estimate of drug-likeness (QED) is 0.770. The Morgan fingerprint density at radius 1 is 1.19 bits per heavy atom. The lowest BCUT2D eigenvalue weighted by atomic mass is 10.1. The largest absolute Gasteiger partial charge is 0.462 e.